The van der Waals surface area contributed by atoms with Crippen LogP contribution in [0.3, 0.4) is 0 Å². The molecule has 2 aliphatic heterocycles. The van der Waals surface area contributed by atoms with Gasteiger partial charge < -0.3 is 15.5 Å². The number of amides is 3. The maximum atomic E-state index is 13.7. The molecule has 3 fully saturated rings. The molecule has 1 aliphatic carbocycles. The van der Waals surface area contributed by atoms with Gasteiger partial charge in [-0.2, -0.15) is 10.5 Å². The summed E-state index contributed by atoms with van der Waals surface area (Å²) >= 11 is 0. The van der Waals surface area contributed by atoms with Gasteiger partial charge in [0.2, 0.25) is 27.7 Å². The summed E-state index contributed by atoms with van der Waals surface area (Å²) in [7, 11) is -4.03. The van der Waals surface area contributed by atoms with Crippen LogP contribution in [0.2, 0.25) is 0 Å². The molecule has 11 nitrogen and oxygen atoms in total. The fourth-order valence-electron chi connectivity index (χ4n) is 5.44. The van der Waals surface area contributed by atoms with E-state index in [1.165, 1.54) is 4.90 Å². The zero-order chi connectivity index (χ0) is 26.3. The lowest BCUT2D eigenvalue weighted by atomic mass is 9.86. The van der Waals surface area contributed by atoms with Crippen molar-refractivity contribution in [2.24, 2.45) is 28.6 Å². The van der Waals surface area contributed by atoms with Crippen molar-refractivity contribution in [3.63, 3.8) is 0 Å². The van der Waals surface area contributed by atoms with Crippen molar-refractivity contribution < 1.29 is 22.8 Å². The Labute approximate surface area is 206 Å². The number of sulfonamides is 1. The van der Waals surface area contributed by atoms with Gasteiger partial charge in [0, 0.05) is 19.0 Å². The lowest BCUT2D eigenvalue weighted by Gasteiger charge is -2.37. The molecule has 0 aromatic rings. The fourth-order valence-corrected chi connectivity index (χ4v) is 6.51. The molecule has 35 heavy (non-hydrogen) atoms. The van der Waals surface area contributed by atoms with Gasteiger partial charge in [-0.25, -0.2) is 13.1 Å². The van der Waals surface area contributed by atoms with Crippen LogP contribution in [0.15, 0.2) is 0 Å². The Morgan fingerprint density at radius 1 is 1.29 bits per heavy atom. The van der Waals surface area contributed by atoms with Gasteiger partial charge in [0.15, 0.2) is 5.75 Å². The van der Waals surface area contributed by atoms with E-state index in [-0.39, 0.29) is 35.5 Å². The third-order valence-electron chi connectivity index (χ3n) is 7.58. The number of nitrogens with zero attached hydrogens (tertiary/aromatic N) is 3. The standard InChI is InChI=1S/C23H34N6O5S/c1-22(2,3)18(28-35(33,34)9-7-24)21(32)29-12-15-16(23(15,4)5)17(29)20(31)27-14(11-25)10-13-6-8-26-19(13)30/h13-18,28H,6,8-10,12H2,1-5H3,(H,26,30)(H,27,31)/t13-,14-,15-,16-,17-,18+/m0/s1. The molecule has 1 saturated carbocycles. The minimum Gasteiger partial charge on any atom is -0.356 e. The van der Waals surface area contributed by atoms with Crippen molar-refractivity contribution in [3.8, 4) is 12.1 Å². The van der Waals surface area contributed by atoms with Crippen LogP contribution in [-0.4, -0.2) is 68.0 Å². The fraction of sp³-hybridized carbons (Fsp3) is 0.783. The van der Waals surface area contributed by atoms with E-state index in [1.54, 1.807) is 26.8 Å². The molecule has 3 amide bonds. The summed E-state index contributed by atoms with van der Waals surface area (Å²) in [6, 6.07) is 0.716. The van der Waals surface area contributed by atoms with Gasteiger partial charge >= 0.3 is 0 Å². The normalized spacial score (nSPS) is 28.8. The largest absolute Gasteiger partial charge is 0.356 e. The topological polar surface area (TPSA) is 172 Å². The van der Waals surface area contributed by atoms with E-state index in [4.69, 9.17) is 5.26 Å². The van der Waals surface area contributed by atoms with Crippen LogP contribution in [0.25, 0.3) is 0 Å². The van der Waals surface area contributed by atoms with Crippen molar-refractivity contribution in [1.29, 1.82) is 10.5 Å². The predicted octanol–water partition coefficient (Wildman–Crippen LogP) is -0.138. The maximum Gasteiger partial charge on any atom is 0.244 e. The van der Waals surface area contributed by atoms with Crippen LogP contribution in [0.4, 0.5) is 0 Å². The van der Waals surface area contributed by atoms with Crippen molar-refractivity contribution in [3.05, 3.63) is 0 Å². The summed E-state index contributed by atoms with van der Waals surface area (Å²) in [6.07, 6.45) is 0.777. The monoisotopic (exact) mass is 506 g/mol. The highest BCUT2D eigenvalue weighted by atomic mass is 32.2. The van der Waals surface area contributed by atoms with Crippen LogP contribution >= 0.6 is 0 Å². The molecule has 3 aliphatic rings. The molecule has 0 spiro atoms. The van der Waals surface area contributed by atoms with E-state index in [0.717, 1.165) is 0 Å². The second kappa shape index (κ2) is 9.40. The number of nitrogens with one attached hydrogen (secondary N) is 3. The Morgan fingerprint density at radius 3 is 2.46 bits per heavy atom. The number of hydrogen-bond acceptors (Lipinski definition) is 7. The third-order valence-corrected chi connectivity index (χ3v) is 8.68. The maximum absolute atomic E-state index is 13.7. The molecule has 3 rings (SSSR count). The Hall–Kier alpha value is -2.70. The lowest BCUT2D eigenvalue weighted by Crippen LogP contribution is -2.60. The highest BCUT2D eigenvalue weighted by molar-refractivity contribution is 7.89. The van der Waals surface area contributed by atoms with E-state index in [9.17, 15) is 28.1 Å². The summed E-state index contributed by atoms with van der Waals surface area (Å²) in [4.78, 5) is 40.4. The minimum atomic E-state index is -4.03. The van der Waals surface area contributed by atoms with E-state index >= 15 is 0 Å². The third kappa shape index (κ3) is 5.44. The van der Waals surface area contributed by atoms with Gasteiger partial charge in [0.25, 0.3) is 0 Å². The molecular formula is C23H34N6O5S. The predicted molar refractivity (Wildman–Crippen MR) is 125 cm³/mol. The quantitative estimate of drug-likeness (QED) is 0.411. The number of nitriles is 2. The van der Waals surface area contributed by atoms with Crippen molar-refractivity contribution >= 4 is 27.7 Å². The summed E-state index contributed by atoms with van der Waals surface area (Å²) in [6.45, 7) is 9.99. The number of carbonyl (C=O) groups excluding carboxylic acids is 3. The second-order valence-electron chi connectivity index (χ2n) is 11.4. The van der Waals surface area contributed by atoms with Gasteiger partial charge in [-0.1, -0.05) is 34.6 Å². The van der Waals surface area contributed by atoms with Crippen molar-refractivity contribution in [2.45, 2.75) is 65.6 Å². The van der Waals surface area contributed by atoms with E-state index in [2.05, 4.69) is 21.4 Å². The first-order chi connectivity index (χ1) is 16.1. The summed E-state index contributed by atoms with van der Waals surface area (Å²) < 4.78 is 27.0. The first kappa shape index (κ1) is 26.9. The average molecular weight is 507 g/mol. The first-order valence-electron chi connectivity index (χ1n) is 11.8. The van der Waals surface area contributed by atoms with Gasteiger partial charge in [-0.05, 0) is 35.5 Å². The molecular weight excluding hydrogens is 472 g/mol. The summed E-state index contributed by atoms with van der Waals surface area (Å²) in [5, 5.41) is 23.9. The molecule has 0 aromatic heterocycles. The number of piperidine rings is 1. The number of likely N-dealkylation sites (tertiary alicyclic amines) is 1. The lowest BCUT2D eigenvalue weighted by molar-refractivity contribution is -0.143. The van der Waals surface area contributed by atoms with Crippen LogP contribution in [0.5, 0.6) is 0 Å². The van der Waals surface area contributed by atoms with E-state index in [1.807, 2.05) is 13.8 Å². The molecule has 0 radical (unpaired) electrons. The molecule has 2 saturated heterocycles. The molecule has 2 heterocycles. The van der Waals surface area contributed by atoms with Gasteiger partial charge in [-0.15, -0.1) is 0 Å². The van der Waals surface area contributed by atoms with Gasteiger partial charge in [0.1, 0.15) is 18.1 Å². The number of hydrogen-bond donors (Lipinski definition) is 3. The zero-order valence-electron chi connectivity index (χ0n) is 20.8. The van der Waals surface area contributed by atoms with Crippen molar-refractivity contribution in [2.75, 3.05) is 18.8 Å². The first-order valence-corrected chi connectivity index (χ1v) is 13.4. The highest BCUT2D eigenvalue weighted by Gasteiger charge is 2.69. The van der Waals surface area contributed by atoms with Crippen molar-refractivity contribution in [1.82, 2.24) is 20.3 Å². The molecule has 6 atom stereocenters. The second-order valence-corrected chi connectivity index (χ2v) is 13.2. The van der Waals surface area contributed by atoms with E-state index in [0.29, 0.717) is 19.5 Å². The molecule has 3 N–H and O–H groups in total. The number of rotatable bonds is 8. The highest BCUT2D eigenvalue weighted by Crippen LogP contribution is 2.65. The van der Waals surface area contributed by atoms with Crippen LogP contribution in [0, 0.1) is 51.2 Å². The molecule has 192 valence electrons. The zero-order valence-corrected chi connectivity index (χ0v) is 21.6. The minimum absolute atomic E-state index is 0.0691. The molecule has 0 aromatic carbocycles. The summed E-state index contributed by atoms with van der Waals surface area (Å²) in [5.74, 6) is -2.35. The number of carbonyl (C=O) groups is 3. The van der Waals surface area contributed by atoms with Gasteiger partial charge in [-0.3, -0.25) is 14.4 Å². The Bertz CT molecular complexity index is 1080. The van der Waals surface area contributed by atoms with E-state index < -0.39 is 51.1 Å². The smallest absolute Gasteiger partial charge is 0.244 e. The SMILES string of the molecule is CC(C)(C)[C@H](NS(=O)(=O)CC#N)C(=O)N1C[C@H]2[C@@H]([C@H]1C(=O)N[C@H](C#N)C[C@@H]1CCNC1=O)C2(C)C. The summed E-state index contributed by atoms with van der Waals surface area (Å²) in [5.41, 5.74) is -1.00. The molecule has 0 unspecified atom stereocenters. The van der Waals surface area contributed by atoms with Gasteiger partial charge in [0.05, 0.1) is 12.1 Å². The van der Waals surface area contributed by atoms with Crippen LogP contribution in [0.1, 0.15) is 47.5 Å². The molecule has 0 bridgehead atoms. The number of fused-ring (bicyclic) bond motifs is 1. The Balaban J connectivity index is 1.82. The average Bonchev–Trinajstić information content (AvgIpc) is 3.10. The van der Waals surface area contributed by atoms with Crippen LogP contribution in [-0.2, 0) is 24.4 Å². The Morgan fingerprint density at radius 2 is 1.94 bits per heavy atom. The molecule has 12 heteroatoms. The van der Waals surface area contributed by atoms with Crippen LogP contribution < -0.4 is 15.4 Å². The Kier molecular flexibility index (Phi) is 7.22.